The van der Waals surface area contributed by atoms with Crippen LogP contribution in [0.25, 0.3) is 0 Å². The molecule has 2 heterocycles. The Balaban J connectivity index is 2.12. The molecule has 7 heteroatoms. The van der Waals surface area contributed by atoms with Crippen molar-refractivity contribution < 1.29 is 14.3 Å². The van der Waals surface area contributed by atoms with E-state index >= 15 is 0 Å². The molecule has 2 rings (SSSR count). The topological polar surface area (TPSA) is 99.4 Å². The van der Waals surface area contributed by atoms with Crippen molar-refractivity contribution in [1.82, 2.24) is 9.97 Å². The number of amides is 1. The molecule has 1 amide bonds. The van der Waals surface area contributed by atoms with E-state index in [0.717, 1.165) is 38.9 Å². The van der Waals surface area contributed by atoms with E-state index in [0.29, 0.717) is 5.95 Å². The number of hydrogen-bond acceptors (Lipinski definition) is 6. The van der Waals surface area contributed by atoms with Crippen molar-refractivity contribution in [3.05, 3.63) is 11.8 Å². The maximum absolute atomic E-state index is 11.5. The van der Waals surface area contributed by atoms with Crippen LogP contribution in [-0.2, 0) is 4.74 Å². The number of nitrogens with zero attached hydrogens (tertiary/aromatic N) is 2. The quantitative estimate of drug-likeness (QED) is 0.796. The Labute approximate surface area is 130 Å². The lowest BCUT2D eigenvalue weighted by Gasteiger charge is -2.23. The second-order valence-electron chi connectivity index (χ2n) is 5.52. The lowest BCUT2D eigenvalue weighted by molar-refractivity contribution is 0.0903. The molecule has 1 aromatic rings. The highest BCUT2D eigenvalue weighted by Crippen LogP contribution is 2.20. The summed E-state index contributed by atoms with van der Waals surface area (Å²) in [4.78, 5) is 20.0. The third kappa shape index (κ3) is 4.56. The first-order valence-electron chi connectivity index (χ1n) is 7.78. The summed E-state index contributed by atoms with van der Waals surface area (Å²) in [5.41, 5.74) is 5.57. The van der Waals surface area contributed by atoms with Crippen LogP contribution in [0.3, 0.4) is 0 Å². The maximum Gasteiger partial charge on any atom is 0.255 e. The van der Waals surface area contributed by atoms with Gasteiger partial charge in [0.1, 0.15) is 5.56 Å². The number of carbonyl (C=O) groups excluding carboxylic acids is 1. The van der Waals surface area contributed by atoms with Crippen LogP contribution in [0.1, 0.15) is 49.9 Å². The highest BCUT2D eigenvalue weighted by atomic mass is 16.5. The molecule has 0 aromatic carbocycles. The first kappa shape index (κ1) is 16.5. The summed E-state index contributed by atoms with van der Waals surface area (Å²) >= 11 is 0. The van der Waals surface area contributed by atoms with Gasteiger partial charge in [-0.15, -0.1) is 0 Å². The second-order valence-corrected chi connectivity index (χ2v) is 5.52. The first-order valence-corrected chi connectivity index (χ1v) is 7.78. The largest absolute Gasteiger partial charge is 0.474 e. The van der Waals surface area contributed by atoms with Crippen molar-refractivity contribution in [2.24, 2.45) is 5.73 Å². The second kappa shape index (κ2) is 7.93. The molecule has 1 aliphatic rings. The van der Waals surface area contributed by atoms with Gasteiger partial charge in [-0.3, -0.25) is 4.79 Å². The fourth-order valence-corrected chi connectivity index (χ4v) is 2.38. The minimum Gasteiger partial charge on any atom is -0.474 e. The van der Waals surface area contributed by atoms with Crippen molar-refractivity contribution in [2.45, 2.75) is 51.7 Å². The van der Waals surface area contributed by atoms with Crippen LogP contribution in [-0.4, -0.2) is 41.2 Å². The Morgan fingerprint density at radius 2 is 2.27 bits per heavy atom. The minimum atomic E-state index is -0.587. The summed E-state index contributed by atoms with van der Waals surface area (Å²) in [5, 5.41) is 3.26. The predicted molar refractivity (Wildman–Crippen MR) is 83.0 cm³/mol. The Morgan fingerprint density at radius 1 is 1.55 bits per heavy atom. The van der Waals surface area contributed by atoms with Gasteiger partial charge in [-0.25, -0.2) is 4.98 Å². The zero-order chi connectivity index (χ0) is 15.9. The van der Waals surface area contributed by atoms with E-state index in [9.17, 15) is 4.79 Å². The van der Waals surface area contributed by atoms with Crippen LogP contribution in [0.2, 0.25) is 0 Å². The molecule has 1 aromatic heterocycles. The molecular formula is C15H24N4O3. The standard InChI is InChI=1S/C15H24N4O3/c1-3-4-10(2)22-14-12(13(16)20)9-17-15(19-14)18-11-5-7-21-8-6-11/h9-11H,3-8H2,1-2H3,(H2,16,20)(H,17,18,19). The van der Waals surface area contributed by atoms with Gasteiger partial charge in [0.2, 0.25) is 11.8 Å². The van der Waals surface area contributed by atoms with Crippen LogP contribution in [0.15, 0.2) is 6.20 Å². The van der Waals surface area contributed by atoms with E-state index in [1.165, 1.54) is 6.20 Å². The molecule has 1 fully saturated rings. The molecule has 1 atom stereocenters. The fraction of sp³-hybridized carbons (Fsp3) is 0.667. The summed E-state index contributed by atoms with van der Waals surface area (Å²) in [6, 6.07) is 0.272. The molecule has 1 unspecified atom stereocenters. The van der Waals surface area contributed by atoms with Crippen LogP contribution in [0.4, 0.5) is 5.95 Å². The third-order valence-electron chi connectivity index (χ3n) is 3.58. The Hall–Kier alpha value is -1.89. The van der Waals surface area contributed by atoms with Crippen molar-refractivity contribution in [3.8, 4) is 5.88 Å². The highest BCUT2D eigenvalue weighted by molar-refractivity contribution is 5.94. The van der Waals surface area contributed by atoms with Gasteiger partial charge in [0.25, 0.3) is 5.91 Å². The number of primary amides is 1. The van der Waals surface area contributed by atoms with Crippen LogP contribution in [0.5, 0.6) is 5.88 Å². The van der Waals surface area contributed by atoms with Gasteiger partial charge in [0.05, 0.1) is 6.10 Å². The van der Waals surface area contributed by atoms with Crippen LogP contribution in [0, 0.1) is 0 Å². The van der Waals surface area contributed by atoms with Crippen molar-refractivity contribution >= 4 is 11.9 Å². The molecule has 7 nitrogen and oxygen atoms in total. The maximum atomic E-state index is 11.5. The summed E-state index contributed by atoms with van der Waals surface area (Å²) in [7, 11) is 0. The summed E-state index contributed by atoms with van der Waals surface area (Å²) < 4.78 is 11.1. The van der Waals surface area contributed by atoms with E-state index < -0.39 is 5.91 Å². The zero-order valence-electron chi connectivity index (χ0n) is 13.2. The molecule has 122 valence electrons. The number of hydrogen-bond donors (Lipinski definition) is 2. The molecule has 0 aliphatic carbocycles. The Bertz CT molecular complexity index is 504. The monoisotopic (exact) mass is 308 g/mol. The average molecular weight is 308 g/mol. The molecule has 3 N–H and O–H groups in total. The third-order valence-corrected chi connectivity index (χ3v) is 3.58. The molecule has 22 heavy (non-hydrogen) atoms. The van der Waals surface area contributed by atoms with Crippen LogP contribution < -0.4 is 15.8 Å². The number of rotatable bonds is 7. The van der Waals surface area contributed by atoms with Gasteiger partial charge >= 0.3 is 0 Å². The van der Waals surface area contributed by atoms with E-state index in [4.69, 9.17) is 15.2 Å². The van der Waals surface area contributed by atoms with Gasteiger partial charge in [-0.1, -0.05) is 13.3 Å². The van der Waals surface area contributed by atoms with Crippen molar-refractivity contribution in [2.75, 3.05) is 18.5 Å². The molecule has 1 aliphatic heterocycles. The number of aromatic nitrogens is 2. The summed E-state index contributed by atoms with van der Waals surface area (Å²) in [5.74, 6) is 0.116. The number of nitrogens with two attached hydrogens (primary N) is 1. The predicted octanol–water partition coefficient (Wildman–Crippen LogP) is 1.73. The Morgan fingerprint density at radius 3 is 2.91 bits per heavy atom. The van der Waals surface area contributed by atoms with Crippen molar-refractivity contribution in [3.63, 3.8) is 0 Å². The minimum absolute atomic E-state index is 0.0334. The van der Waals surface area contributed by atoms with Gasteiger partial charge in [0, 0.05) is 25.5 Å². The number of carbonyl (C=O) groups is 1. The average Bonchev–Trinajstić information content (AvgIpc) is 2.48. The zero-order valence-corrected chi connectivity index (χ0v) is 13.2. The lowest BCUT2D eigenvalue weighted by Crippen LogP contribution is -2.29. The smallest absolute Gasteiger partial charge is 0.255 e. The summed E-state index contributed by atoms with van der Waals surface area (Å²) in [6.45, 7) is 5.48. The molecule has 0 bridgehead atoms. The lowest BCUT2D eigenvalue weighted by atomic mass is 10.1. The van der Waals surface area contributed by atoms with Gasteiger partial charge in [0.15, 0.2) is 0 Å². The normalized spacial score (nSPS) is 17.0. The highest BCUT2D eigenvalue weighted by Gasteiger charge is 2.19. The van der Waals surface area contributed by atoms with Crippen molar-refractivity contribution in [1.29, 1.82) is 0 Å². The number of ether oxygens (including phenoxy) is 2. The number of nitrogens with one attached hydrogen (secondary N) is 1. The van der Waals surface area contributed by atoms with E-state index in [1.807, 2.05) is 6.92 Å². The van der Waals surface area contributed by atoms with Gasteiger partial charge < -0.3 is 20.5 Å². The molecule has 0 saturated carbocycles. The molecular weight excluding hydrogens is 284 g/mol. The summed E-state index contributed by atoms with van der Waals surface area (Å²) in [6.07, 6.45) is 5.07. The molecule has 0 radical (unpaired) electrons. The van der Waals surface area contributed by atoms with E-state index in [-0.39, 0.29) is 23.6 Å². The number of anilines is 1. The van der Waals surface area contributed by atoms with Crippen LogP contribution >= 0.6 is 0 Å². The fourth-order valence-electron chi connectivity index (χ4n) is 2.38. The molecule has 1 saturated heterocycles. The Kier molecular flexibility index (Phi) is 5.94. The van der Waals surface area contributed by atoms with E-state index in [1.54, 1.807) is 0 Å². The van der Waals surface area contributed by atoms with Gasteiger partial charge in [-0.05, 0) is 26.2 Å². The first-order chi connectivity index (χ1) is 10.6. The molecule has 0 spiro atoms. The van der Waals surface area contributed by atoms with E-state index in [2.05, 4.69) is 22.2 Å². The SMILES string of the molecule is CCCC(C)Oc1nc(NC2CCOCC2)ncc1C(N)=O. The van der Waals surface area contributed by atoms with Gasteiger partial charge in [-0.2, -0.15) is 4.98 Å².